The number of rotatable bonds is 3. The van der Waals surface area contributed by atoms with Crippen molar-refractivity contribution in [2.45, 2.75) is 19.9 Å². The summed E-state index contributed by atoms with van der Waals surface area (Å²) >= 11 is 0. The number of nitrogens with zero attached hydrogens (tertiary/aromatic N) is 1. The van der Waals surface area contributed by atoms with Gasteiger partial charge in [0.2, 0.25) is 0 Å². The fraction of sp³-hybridized carbons (Fsp3) is 0.308. The van der Waals surface area contributed by atoms with Crippen molar-refractivity contribution in [3.05, 3.63) is 53.1 Å². The maximum atomic E-state index is 4.32. The molecule has 0 saturated heterocycles. The third-order valence-electron chi connectivity index (χ3n) is 2.83. The smallest absolute Gasteiger partial charge is 0.127 e. The van der Waals surface area contributed by atoms with E-state index in [2.05, 4.69) is 47.3 Å². The molecule has 0 fully saturated rings. The van der Waals surface area contributed by atoms with E-state index in [1.54, 1.807) is 6.20 Å². The van der Waals surface area contributed by atoms with Gasteiger partial charge in [0.25, 0.3) is 0 Å². The highest BCUT2D eigenvalue weighted by Crippen LogP contribution is 2.22. The van der Waals surface area contributed by atoms with Crippen LogP contribution in [-0.4, -0.2) is 17.0 Å². The lowest BCUT2D eigenvalue weighted by Crippen LogP contribution is -2.20. The summed E-state index contributed by atoms with van der Waals surface area (Å²) in [5, 5.41) is 3.30. The molecule has 0 aliphatic rings. The van der Waals surface area contributed by atoms with Crippen molar-refractivity contribution in [2.75, 3.05) is 7.05 Å². The lowest BCUT2D eigenvalue weighted by Gasteiger charge is -2.17. The number of hydrogen-bond donors (Lipinski definition) is 2. The molecule has 1 aromatic carbocycles. The number of benzene rings is 1. The summed E-state index contributed by atoms with van der Waals surface area (Å²) in [6.45, 7) is 4.24. The summed E-state index contributed by atoms with van der Waals surface area (Å²) in [4.78, 5) is 7.48. The van der Waals surface area contributed by atoms with Gasteiger partial charge in [0.15, 0.2) is 0 Å². The van der Waals surface area contributed by atoms with Crippen molar-refractivity contribution >= 4 is 0 Å². The largest absolute Gasteiger partial charge is 0.347 e. The topological polar surface area (TPSA) is 40.7 Å². The van der Waals surface area contributed by atoms with Crippen molar-refractivity contribution < 1.29 is 0 Å². The summed E-state index contributed by atoms with van der Waals surface area (Å²) in [5.74, 6) is 0.955. The van der Waals surface area contributed by atoms with E-state index in [9.17, 15) is 0 Å². The van der Waals surface area contributed by atoms with Crippen molar-refractivity contribution in [3.8, 4) is 0 Å². The molecular weight excluding hydrogens is 198 g/mol. The van der Waals surface area contributed by atoms with E-state index in [-0.39, 0.29) is 6.04 Å². The molecule has 0 amide bonds. The summed E-state index contributed by atoms with van der Waals surface area (Å²) < 4.78 is 0. The Morgan fingerprint density at radius 1 is 1.31 bits per heavy atom. The van der Waals surface area contributed by atoms with E-state index in [1.165, 1.54) is 16.7 Å². The molecule has 1 heterocycles. The van der Waals surface area contributed by atoms with Crippen LogP contribution in [0, 0.1) is 13.8 Å². The van der Waals surface area contributed by atoms with E-state index in [1.807, 2.05) is 13.2 Å². The minimum Gasteiger partial charge on any atom is -0.347 e. The number of aromatic amines is 1. The van der Waals surface area contributed by atoms with Crippen LogP contribution in [0.2, 0.25) is 0 Å². The van der Waals surface area contributed by atoms with Crippen LogP contribution < -0.4 is 5.32 Å². The minimum absolute atomic E-state index is 0.134. The molecule has 0 radical (unpaired) electrons. The summed E-state index contributed by atoms with van der Waals surface area (Å²) in [6.07, 6.45) is 3.63. The molecule has 0 aliphatic heterocycles. The molecule has 3 heteroatoms. The highest BCUT2D eigenvalue weighted by atomic mass is 15.0. The van der Waals surface area contributed by atoms with E-state index in [0.29, 0.717) is 0 Å². The number of hydrogen-bond acceptors (Lipinski definition) is 2. The van der Waals surface area contributed by atoms with Gasteiger partial charge in [0, 0.05) is 12.4 Å². The summed E-state index contributed by atoms with van der Waals surface area (Å²) in [7, 11) is 1.95. The predicted molar refractivity (Wildman–Crippen MR) is 65.4 cm³/mol. The minimum atomic E-state index is 0.134. The Bertz CT molecular complexity index is 460. The molecule has 2 aromatic rings. The molecule has 0 aliphatic carbocycles. The van der Waals surface area contributed by atoms with Gasteiger partial charge in [-0.1, -0.05) is 23.8 Å². The maximum absolute atomic E-state index is 4.32. The first-order valence-corrected chi connectivity index (χ1v) is 5.46. The van der Waals surface area contributed by atoms with Crippen LogP contribution in [-0.2, 0) is 0 Å². The summed E-state index contributed by atoms with van der Waals surface area (Å²) in [5.41, 5.74) is 3.83. The molecule has 2 rings (SSSR count). The van der Waals surface area contributed by atoms with Crippen LogP contribution in [0.15, 0.2) is 30.6 Å². The van der Waals surface area contributed by atoms with E-state index < -0.39 is 0 Å². The SMILES string of the molecule is CNC(c1ncc[nH]1)c1cc(C)ccc1C. The number of aryl methyl sites for hydroxylation is 2. The highest BCUT2D eigenvalue weighted by molar-refractivity contribution is 5.35. The van der Waals surface area contributed by atoms with Gasteiger partial charge in [0.1, 0.15) is 5.82 Å². The van der Waals surface area contributed by atoms with Gasteiger partial charge in [-0.2, -0.15) is 0 Å². The Hall–Kier alpha value is -1.61. The molecule has 3 nitrogen and oxygen atoms in total. The number of H-pyrrole nitrogens is 1. The highest BCUT2D eigenvalue weighted by Gasteiger charge is 2.16. The Kier molecular flexibility index (Phi) is 3.06. The van der Waals surface area contributed by atoms with Crippen molar-refractivity contribution in [1.29, 1.82) is 0 Å². The van der Waals surface area contributed by atoms with Crippen LogP contribution in [0.1, 0.15) is 28.6 Å². The van der Waals surface area contributed by atoms with Crippen molar-refractivity contribution in [1.82, 2.24) is 15.3 Å². The molecule has 1 atom stereocenters. The fourth-order valence-electron chi connectivity index (χ4n) is 1.95. The Labute approximate surface area is 95.9 Å². The average molecular weight is 215 g/mol. The molecule has 0 spiro atoms. The maximum Gasteiger partial charge on any atom is 0.127 e. The fourth-order valence-corrected chi connectivity index (χ4v) is 1.95. The Morgan fingerprint density at radius 2 is 2.12 bits per heavy atom. The van der Waals surface area contributed by atoms with Crippen molar-refractivity contribution in [2.24, 2.45) is 0 Å². The zero-order chi connectivity index (χ0) is 11.5. The lowest BCUT2D eigenvalue weighted by atomic mass is 9.98. The van der Waals surface area contributed by atoms with Gasteiger partial charge in [-0.05, 0) is 32.0 Å². The quantitative estimate of drug-likeness (QED) is 0.825. The molecule has 16 heavy (non-hydrogen) atoms. The van der Waals surface area contributed by atoms with Gasteiger partial charge in [-0.15, -0.1) is 0 Å². The molecule has 84 valence electrons. The van der Waals surface area contributed by atoms with Crippen LogP contribution >= 0.6 is 0 Å². The monoisotopic (exact) mass is 215 g/mol. The Balaban J connectivity index is 2.44. The zero-order valence-electron chi connectivity index (χ0n) is 9.91. The normalized spacial score (nSPS) is 12.7. The van der Waals surface area contributed by atoms with Crippen molar-refractivity contribution in [3.63, 3.8) is 0 Å². The molecular formula is C13H17N3. The van der Waals surface area contributed by atoms with Gasteiger partial charge in [0.05, 0.1) is 6.04 Å². The lowest BCUT2D eigenvalue weighted by molar-refractivity contribution is 0.651. The molecule has 0 bridgehead atoms. The van der Waals surface area contributed by atoms with Gasteiger partial charge >= 0.3 is 0 Å². The number of nitrogens with one attached hydrogen (secondary N) is 2. The first-order valence-electron chi connectivity index (χ1n) is 5.46. The van der Waals surface area contributed by atoms with Gasteiger partial charge in [-0.3, -0.25) is 0 Å². The molecule has 2 N–H and O–H groups in total. The molecule has 1 unspecified atom stereocenters. The van der Waals surface area contributed by atoms with Gasteiger partial charge in [-0.25, -0.2) is 4.98 Å². The van der Waals surface area contributed by atoms with Crippen LogP contribution in [0.5, 0.6) is 0 Å². The van der Waals surface area contributed by atoms with Crippen LogP contribution in [0.25, 0.3) is 0 Å². The summed E-state index contributed by atoms with van der Waals surface area (Å²) in [6, 6.07) is 6.62. The Morgan fingerprint density at radius 3 is 2.75 bits per heavy atom. The van der Waals surface area contributed by atoms with Gasteiger partial charge < -0.3 is 10.3 Å². The number of aromatic nitrogens is 2. The number of imidazole rings is 1. The third kappa shape index (κ3) is 1.99. The van der Waals surface area contributed by atoms with E-state index in [4.69, 9.17) is 0 Å². The predicted octanol–water partition coefficient (Wildman–Crippen LogP) is 2.34. The second-order valence-corrected chi connectivity index (χ2v) is 4.06. The first kappa shape index (κ1) is 10.9. The van der Waals surface area contributed by atoms with Crippen LogP contribution in [0.4, 0.5) is 0 Å². The second-order valence-electron chi connectivity index (χ2n) is 4.06. The molecule has 1 aromatic heterocycles. The first-order chi connectivity index (χ1) is 7.72. The van der Waals surface area contributed by atoms with E-state index in [0.717, 1.165) is 5.82 Å². The molecule has 0 saturated carbocycles. The van der Waals surface area contributed by atoms with E-state index >= 15 is 0 Å². The average Bonchev–Trinajstić information content (AvgIpc) is 2.78. The second kappa shape index (κ2) is 4.49. The standard InChI is InChI=1S/C13H17N3/c1-9-4-5-10(2)11(8-9)12(14-3)13-15-6-7-16-13/h4-8,12,14H,1-3H3,(H,15,16). The third-order valence-corrected chi connectivity index (χ3v) is 2.83. The zero-order valence-corrected chi connectivity index (χ0v) is 9.91. The van der Waals surface area contributed by atoms with Crippen LogP contribution in [0.3, 0.4) is 0 Å².